The summed E-state index contributed by atoms with van der Waals surface area (Å²) in [5, 5.41) is 7.94. The Morgan fingerprint density at radius 1 is 1.11 bits per heavy atom. The summed E-state index contributed by atoms with van der Waals surface area (Å²) in [5.74, 6) is -0.698. The quantitative estimate of drug-likeness (QED) is 0.623. The van der Waals surface area contributed by atoms with Crippen molar-refractivity contribution < 1.29 is 14.0 Å². The lowest BCUT2D eigenvalue weighted by molar-refractivity contribution is 0.0951. The van der Waals surface area contributed by atoms with Crippen molar-refractivity contribution in [2.24, 2.45) is 0 Å². The standard InChI is InChI=1S/C19H22BrFN4O2/c1-25(2)9-8-22-18(26)14-5-3-4-13(10-14)12-23-19(27)24-17-7-6-15(20)11-16(17)21/h3-7,10-11H,8-9,12H2,1-2H3,(H,22,26)(H2,23,24,27). The third kappa shape index (κ3) is 6.99. The second-order valence-corrected chi connectivity index (χ2v) is 7.11. The van der Waals surface area contributed by atoms with Crippen LogP contribution in [0.25, 0.3) is 0 Å². The van der Waals surface area contributed by atoms with Crippen LogP contribution in [-0.4, -0.2) is 44.0 Å². The maximum Gasteiger partial charge on any atom is 0.319 e. The molecule has 0 saturated carbocycles. The Balaban J connectivity index is 1.88. The summed E-state index contributed by atoms with van der Waals surface area (Å²) < 4.78 is 14.3. The molecular weight excluding hydrogens is 415 g/mol. The molecule has 2 aromatic carbocycles. The van der Waals surface area contributed by atoms with Gasteiger partial charge in [-0.05, 0) is 50.0 Å². The minimum atomic E-state index is -0.532. The molecule has 0 spiro atoms. The van der Waals surface area contributed by atoms with Crippen molar-refractivity contribution in [3.63, 3.8) is 0 Å². The van der Waals surface area contributed by atoms with E-state index in [1.807, 2.05) is 19.0 Å². The van der Waals surface area contributed by atoms with Crippen molar-refractivity contribution in [1.82, 2.24) is 15.5 Å². The van der Waals surface area contributed by atoms with Crippen LogP contribution in [0.2, 0.25) is 0 Å². The van der Waals surface area contributed by atoms with Gasteiger partial charge in [-0.25, -0.2) is 9.18 Å². The predicted molar refractivity (Wildman–Crippen MR) is 107 cm³/mol. The molecule has 0 heterocycles. The van der Waals surface area contributed by atoms with E-state index >= 15 is 0 Å². The van der Waals surface area contributed by atoms with E-state index in [0.29, 0.717) is 16.6 Å². The van der Waals surface area contributed by atoms with Gasteiger partial charge < -0.3 is 20.9 Å². The number of likely N-dealkylation sites (N-methyl/N-ethyl adjacent to an activating group) is 1. The number of halogens is 2. The van der Waals surface area contributed by atoms with E-state index in [9.17, 15) is 14.0 Å². The van der Waals surface area contributed by atoms with Crippen molar-refractivity contribution in [1.29, 1.82) is 0 Å². The average Bonchev–Trinajstić information content (AvgIpc) is 2.62. The third-order valence-electron chi connectivity index (χ3n) is 3.67. The van der Waals surface area contributed by atoms with Gasteiger partial charge in [-0.15, -0.1) is 0 Å². The number of urea groups is 1. The number of carbonyl (C=O) groups is 2. The molecule has 0 aliphatic rings. The highest BCUT2D eigenvalue weighted by atomic mass is 79.9. The first-order valence-corrected chi connectivity index (χ1v) is 9.16. The Hall–Kier alpha value is -2.45. The number of rotatable bonds is 7. The molecule has 144 valence electrons. The van der Waals surface area contributed by atoms with Crippen LogP contribution in [0.4, 0.5) is 14.9 Å². The van der Waals surface area contributed by atoms with Crippen LogP contribution < -0.4 is 16.0 Å². The van der Waals surface area contributed by atoms with Gasteiger partial charge in [-0.3, -0.25) is 4.79 Å². The molecule has 0 saturated heterocycles. The number of benzene rings is 2. The van der Waals surface area contributed by atoms with Crippen LogP contribution in [-0.2, 0) is 6.54 Å². The zero-order chi connectivity index (χ0) is 19.8. The molecular formula is C19H22BrFN4O2. The summed E-state index contributed by atoms with van der Waals surface area (Å²) in [6, 6.07) is 10.8. The molecule has 0 aliphatic heterocycles. The van der Waals surface area contributed by atoms with Crippen LogP contribution in [0.3, 0.4) is 0 Å². The number of nitrogens with zero attached hydrogens (tertiary/aromatic N) is 1. The zero-order valence-corrected chi connectivity index (χ0v) is 16.8. The molecule has 0 radical (unpaired) electrons. The highest BCUT2D eigenvalue weighted by Crippen LogP contribution is 2.19. The number of carbonyl (C=O) groups excluding carboxylic acids is 2. The van der Waals surface area contributed by atoms with Gasteiger partial charge in [0.15, 0.2) is 0 Å². The van der Waals surface area contributed by atoms with Crippen LogP contribution >= 0.6 is 15.9 Å². The van der Waals surface area contributed by atoms with Gasteiger partial charge in [0.25, 0.3) is 5.91 Å². The molecule has 6 nitrogen and oxygen atoms in total. The molecule has 0 aromatic heterocycles. The molecule has 2 aromatic rings. The number of hydrogen-bond donors (Lipinski definition) is 3. The second-order valence-electron chi connectivity index (χ2n) is 6.19. The lowest BCUT2D eigenvalue weighted by Gasteiger charge is -2.11. The van der Waals surface area contributed by atoms with E-state index < -0.39 is 11.8 Å². The summed E-state index contributed by atoms with van der Waals surface area (Å²) in [4.78, 5) is 26.1. The Bertz CT molecular complexity index is 814. The average molecular weight is 437 g/mol. The van der Waals surface area contributed by atoms with Gasteiger partial charge >= 0.3 is 6.03 Å². The van der Waals surface area contributed by atoms with E-state index in [0.717, 1.165) is 12.1 Å². The first-order valence-electron chi connectivity index (χ1n) is 8.37. The van der Waals surface area contributed by atoms with Crippen molar-refractivity contribution in [3.8, 4) is 0 Å². The van der Waals surface area contributed by atoms with Crippen molar-refractivity contribution in [3.05, 3.63) is 63.9 Å². The minimum Gasteiger partial charge on any atom is -0.351 e. The largest absolute Gasteiger partial charge is 0.351 e. The normalized spacial score (nSPS) is 10.6. The van der Waals surface area contributed by atoms with Crippen LogP contribution in [0.1, 0.15) is 15.9 Å². The fourth-order valence-electron chi connectivity index (χ4n) is 2.26. The molecule has 3 amide bonds. The maximum absolute atomic E-state index is 13.7. The van der Waals surface area contributed by atoms with Crippen LogP contribution in [0.5, 0.6) is 0 Å². The van der Waals surface area contributed by atoms with E-state index in [2.05, 4.69) is 31.9 Å². The van der Waals surface area contributed by atoms with E-state index in [1.165, 1.54) is 12.1 Å². The Kier molecular flexibility index (Phi) is 7.75. The summed E-state index contributed by atoms with van der Waals surface area (Å²) in [6.07, 6.45) is 0. The third-order valence-corrected chi connectivity index (χ3v) is 4.16. The van der Waals surface area contributed by atoms with Gasteiger partial charge in [0.05, 0.1) is 5.69 Å². The van der Waals surface area contributed by atoms with Gasteiger partial charge in [0.2, 0.25) is 0 Å². The summed E-state index contributed by atoms with van der Waals surface area (Å²) in [5.41, 5.74) is 1.37. The number of anilines is 1. The SMILES string of the molecule is CN(C)CCNC(=O)c1cccc(CNC(=O)Nc2ccc(Br)cc2F)c1. The van der Waals surface area contributed by atoms with Crippen LogP contribution in [0.15, 0.2) is 46.9 Å². The Labute approximate surface area is 166 Å². The summed E-state index contributed by atoms with van der Waals surface area (Å²) >= 11 is 3.16. The van der Waals surface area contributed by atoms with Gasteiger partial charge in [-0.2, -0.15) is 0 Å². The van der Waals surface area contributed by atoms with E-state index in [-0.39, 0.29) is 18.1 Å². The number of hydrogen-bond acceptors (Lipinski definition) is 3. The topological polar surface area (TPSA) is 73.5 Å². The first-order chi connectivity index (χ1) is 12.8. The molecule has 0 aliphatic carbocycles. The smallest absolute Gasteiger partial charge is 0.319 e. The molecule has 0 bridgehead atoms. The first kappa shape index (κ1) is 20.9. The highest BCUT2D eigenvalue weighted by Gasteiger charge is 2.09. The predicted octanol–water partition coefficient (Wildman–Crippen LogP) is 3.20. The van der Waals surface area contributed by atoms with E-state index in [1.54, 1.807) is 30.3 Å². The van der Waals surface area contributed by atoms with Crippen molar-refractivity contribution in [2.45, 2.75) is 6.54 Å². The maximum atomic E-state index is 13.7. The Morgan fingerprint density at radius 3 is 2.59 bits per heavy atom. The fourth-order valence-corrected chi connectivity index (χ4v) is 2.59. The van der Waals surface area contributed by atoms with E-state index in [4.69, 9.17) is 0 Å². The molecule has 27 heavy (non-hydrogen) atoms. The van der Waals surface area contributed by atoms with Crippen LogP contribution in [0, 0.1) is 5.82 Å². The van der Waals surface area contributed by atoms with Crippen molar-refractivity contribution in [2.75, 3.05) is 32.5 Å². The summed E-state index contributed by atoms with van der Waals surface area (Å²) in [6.45, 7) is 1.51. The Morgan fingerprint density at radius 2 is 1.89 bits per heavy atom. The van der Waals surface area contributed by atoms with Gasteiger partial charge in [0.1, 0.15) is 5.82 Å². The van der Waals surface area contributed by atoms with Gasteiger partial charge in [0, 0.05) is 29.7 Å². The summed E-state index contributed by atoms with van der Waals surface area (Å²) in [7, 11) is 3.87. The monoisotopic (exact) mass is 436 g/mol. The molecule has 0 unspecified atom stereocenters. The fraction of sp³-hybridized carbons (Fsp3) is 0.263. The molecule has 3 N–H and O–H groups in total. The zero-order valence-electron chi connectivity index (χ0n) is 15.2. The lowest BCUT2D eigenvalue weighted by Crippen LogP contribution is -2.31. The number of nitrogens with one attached hydrogen (secondary N) is 3. The van der Waals surface area contributed by atoms with Crippen molar-refractivity contribution >= 4 is 33.6 Å². The second kappa shape index (κ2) is 10.0. The van der Waals surface area contributed by atoms with Gasteiger partial charge in [-0.1, -0.05) is 28.1 Å². The minimum absolute atomic E-state index is 0.0877. The molecule has 0 fully saturated rings. The highest BCUT2D eigenvalue weighted by molar-refractivity contribution is 9.10. The molecule has 8 heteroatoms. The lowest BCUT2D eigenvalue weighted by atomic mass is 10.1. The molecule has 0 atom stereocenters. The number of amides is 3. The molecule has 2 rings (SSSR count).